The van der Waals surface area contributed by atoms with Crippen LogP contribution in [0.1, 0.15) is 35.4 Å². The monoisotopic (exact) mass is 379 g/mol. The van der Waals surface area contributed by atoms with Crippen molar-refractivity contribution < 1.29 is 27.3 Å². The molecule has 1 saturated heterocycles. The van der Waals surface area contributed by atoms with Gasteiger partial charge in [0.1, 0.15) is 5.69 Å². The molecule has 6 nitrogen and oxygen atoms in total. The number of rotatable bonds is 3. The Hall–Kier alpha value is -2.84. The minimum absolute atomic E-state index is 0.0167. The summed E-state index contributed by atoms with van der Waals surface area (Å²) in [6.45, 7) is 0.610. The van der Waals surface area contributed by atoms with Crippen LogP contribution >= 0.6 is 0 Å². The number of halogens is 3. The number of hydrogen-bond donors (Lipinski definition) is 2. The molecule has 27 heavy (non-hydrogen) atoms. The number of hydrogen-bond acceptors (Lipinski definition) is 4. The van der Waals surface area contributed by atoms with E-state index in [1.54, 1.807) is 0 Å². The lowest BCUT2D eigenvalue weighted by Gasteiger charge is -2.44. The van der Waals surface area contributed by atoms with Gasteiger partial charge >= 0.3 is 6.18 Å². The van der Waals surface area contributed by atoms with Crippen molar-refractivity contribution in [3.8, 4) is 11.3 Å². The van der Waals surface area contributed by atoms with Crippen molar-refractivity contribution in [1.82, 2.24) is 15.8 Å². The standard InChI is InChI=1S/C18H16F3N3O3/c19-18(20,21)12-4-2-1-3-11(12)13-5-14(27-24-13)16(26)23-10-6-17(7-10)8-15(25)22-9-17/h1-5,10H,6-9H2,(H,22,25)(H,23,26). The lowest BCUT2D eigenvalue weighted by Crippen LogP contribution is -2.51. The average molecular weight is 379 g/mol. The largest absolute Gasteiger partial charge is 0.417 e. The molecule has 142 valence electrons. The summed E-state index contributed by atoms with van der Waals surface area (Å²) in [5.41, 5.74) is -1.13. The molecule has 0 unspecified atom stereocenters. The predicted molar refractivity (Wildman–Crippen MR) is 87.5 cm³/mol. The zero-order valence-corrected chi connectivity index (χ0v) is 14.1. The third kappa shape index (κ3) is 3.29. The number of alkyl halides is 3. The molecule has 2 N–H and O–H groups in total. The first-order chi connectivity index (χ1) is 12.8. The average Bonchev–Trinajstić information content (AvgIpc) is 3.21. The van der Waals surface area contributed by atoms with Crippen LogP contribution in [-0.4, -0.2) is 29.6 Å². The van der Waals surface area contributed by atoms with Crippen molar-refractivity contribution in [2.75, 3.05) is 6.54 Å². The first-order valence-electron chi connectivity index (χ1n) is 8.47. The van der Waals surface area contributed by atoms with Crippen molar-refractivity contribution in [2.24, 2.45) is 5.41 Å². The van der Waals surface area contributed by atoms with Crippen LogP contribution in [0.2, 0.25) is 0 Å². The Kier molecular flexibility index (Phi) is 3.97. The van der Waals surface area contributed by atoms with E-state index >= 15 is 0 Å². The van der Waals surface area contributed by atoms with E-state index in [9.17, 15) is 22.8 Å². The van der Waals surface area contributed by atoms with Gasteiger partial charge in [-0.15, -0.1) is 0 Å². The molecule has 1 aliphatic heterocycles. The van der Waals surface area contributed by atoms with Crippen molar-refractivity contribution >= 4 is 11.8 Å². The van der Waals surface area contributed by atoms with Crippen LogP contribution in [0.3, 0.4) is 0 Å². The highest BCUT2D eigenvalue weighted by atomic mass is 19.4. The van der Waals surface area contributed by atoms with E-state index < -0.39 is 17.6 Å². The van der Waals surface area contributed by atoms with Gasteiger partial charge in [0, 0.05) is 36.1 Å². The number of nitrogens with one attached hydrogen (secondary N) is 2. The molecule has 0 radical (unpaired) electrons. The van der Waals surface area contributed by atoms with E-state index in [0.717, 1.165) is 6.07 Å². The predicted octanol–water partition coefficient (Wildman–Crippen LogP) is 2.76. The Labute approximate surface area is 152 Å². The fourth-order valence-electron chi connectivity index (χ4n) is 3.85. The number of carbonyl (C=O) groups is 2. The van der Waals surface area contributed by atoms with Crippen LogP contribution in [-0.2, 0) is 11.0 Å². The van der Waals surface area contributed by atoms with Gasteiger partial charge in [-0.2, -0.15) is 13.2 Å². The van der Waals surface area contributed by atoms with Gasteiger partial charge in [0.2, 0.25) is 11.7 Å². The first kappa shape index (κ1) is 17.6. The molecule has 0 atom stereocenters. The number of benzene rings is 1. The minimum Gasteiger partial charge on any atom is -0.356 e. The second-order valence-electron chi connectivity index (χ2n) is 7.15. The first-order valence-corrected chi connectivity index (χ1v) is 8.47. The molecular weight excluding hydrogens is 363 g/mol. The minimum atomic E-state index is -4.54. The molecular formula is C18H16F3N3O3. The highest BCUT2D eigenvalue weighted by molar-refractivity contribution is 5.92. The fourth-order valence-corrected chi connectivity index (χ4v) is 3.85. The SMILES string of the molecule is O=C1CC2(CN1)CC(NC(=O)c1cc(-c3ccccc3C(F)(F)F)no1)C2. The molecule has 4 rings (SSSR count). The van der Waals surface area contributed by atoms with E-state index in [2.05, 4.69) is 15.8 Å². The van der Waals surface area contributed by atoms with E-state index in [1.165, 1.54) is 24.3 Å². The molecule has 0 bridgehead atoms. The number of amides is 2. The summed E-state index contributed by atoms with van der Waals surface area (Å²) >= 11 is 0. The van der Waals surface area contributed by atoms with E-state index in [0.29, 0.717) is 25.8 Å². The number of aromatic nitrogens is 1. The molecule has 2 aliphatic rings. The van der Waals surface area contributed by atoms with Crippen molar-refractivity contribution in [3.63, 3.8) is 0 Å². The van der Waals surface area contributed by atoms with E-state index in [1.807, 2.05) is 0 Å². The Bertz CT molecular complexity index is 900. The highest BCUT2D eigenvalue weighted by Crippen LogP contribution is 2.46. The highest BCUT2D eigenvalue weighted by Gasteiger charge is 2.49. The molecule has 2 amide bonds. The Morgan fingerprint density at radius 3 is 2.70 bits per heavy atom. The third-order valence-electron chi connectivity index (χ3n) is 5.13. The summed E-state index contributed by atoms with van der Waals surface area (Å²) in [5, 5.41) is 9.18. The maximum atomic E-state index is 13.1. The second-order valence-corrected chi connectivity index (χ2v) is 7.15. The van der Waals surface area contributed by atoms with Gasteiger partial charge in [-0.05, 0) is 18.9 Å². The number of nitrogens with zero attached hydrogens (tertiary/aromatic N) is 1. The van der Waals surface area contributed by atoms with Gasteiger partial charge in [0.15, 0.2) is 0 Å². The lowest BCUT2D eigenvalue weighted by atomic mass is 9.65. The Morgan fingerprint density at radius 2 is 2.04 bits per heavy atom. The summed E-state index contributed by atoms with van der Waals surface area (Å²) in [6.07, 6.45) is -2.73. The summed E-state index contributed by atoms with van der Waals surface area (Å²) in [7, 11) is 0. The quantitative estimate of drug-likeness (QED) is 0.859. The summed E-state index contributed by atoms with van der Waals surface area (Å²) < 4.78 is 44.3. The molecule has 1 aromatic heterocycles. The molecule has 1 spiro atoms. The topological polar surface area (TPSA) is 84.2 Å². The third-order valence-corrected chi connectivity index (χ3v) is 5.13. The van der Waals surface area contributed by atoms with Gasteiger partial charge < -0.3 is 15.2 Å². The van der Waals surface area contributed by atoms with Crippen LogP contribution in [0.15, 0.2) is 34.9 Å². The molecule has 1 aliphatic carbocycles. The summed E-state index contributed by atoms with van der Waals surface area (Å²) in [5.74, 6) is -0.665. The van der Waals surface area contributed by atoms with Gasteiger partial charge in [-0.3, -0.25) is 9.59 Å². The normalized spacial score (nSPS) is 24.6. The van der Waals surface area contributed by atoms with Gasteiger partial charge in [0.25, 0.3) is 5.91 Å². The van der Waals surface area contributed by atoms with Crippen LogP contribution in [0.25, 0.3) is 11.3 Å². The van der Waals surface area contributed by atoms with Gasteiger partial charge in [-0.1, -0.05) is 23.4 Å². The van der Waals surface area contributed by atoms with Crippen LogP contribution in [0.4, 0.5) is 13.2 Å². The Balaban J connectivity index is 1.45. The maximum absolute atomic E-state index is 13.1. The second kappa shape index (κ2) is 6.11. The molecule has 1 aromatic carbocycles. The van der Waals surface area contributed by atoms with Crippen LogP contribution < -0.4 is 10.6 Å². The van der Waals surface area contributed by atoms with Crippen LogP contribution in [0, 0.1) is 5.41 Å². The Morgan fingerprint density at radius 1 is 1.30 bits per heavy atom. The molecule has 2 fully saturated rings. The zero-order valence-electron chi connectivity index (χ0n) is 14.1. The molecule has 2 aromatic rings. The van der Waals surface area contributed by atoms with Gasteiger partial charge in [-0.25, -0.2) is 0 Å². The summed E-state index contributed by atoms with van der Waals surface area (Å²) in [6, 6.07) is 6.09. The van der Waals surface area contributed by atoms with Crippen molar-refractivity contribution in [3.05, 3.63) is 41.7 Å². The van der Waals surface area contributed by atoms with Crippen LogP contribution in [0.5, 0.6) is 0 Å². The van der Waals surface area contributed by atoms with Crippen molar-refractivity contribution in [1.29, 1.82) is 0 Å². The lowest BCUT2D eigenvalue weighted by molar-refractivity contribution is -0.137. The maximum Gasteiger partial charge on any atom is 0.417 e. The van der Waals surface area contributed by atoms with Crippen molar-refractivity contribution in [2.45, 2.75) is 31.5 Å². The van der Waals surface area contributed by atoms with Gasteiger partial charge in [0.05, 0.1) is 5.56 Å². The smallest absolute Gasteiger partial charge is 0.356 e. The zero-order chi connectivity index (χ0) is 19.2. The number of carbonyl (C=O) groups excluding carboxylic acids is 2. The molecule has 2 heterocycles. The van der Waals surface area contributed by atoms with E-state index in [-0.39, 0.29) is 34.4 Å². The van der Waals surface area contributed by atoms with E-state index in [4.69, 9.17) is 4.52 Å². The summed E-state index contributed by atoms with van der Waals surface area (Å²) in [4.78, 5) is 23.6. The molecule has 9 heteroatoms. The molecule has 1 saturated carbocycles. The fraction of sp³-hybridized carbons (Fsp3) is 0.389.